The van der Waals surface area contributed by atoms with Crippen molar-refractivity contribution < 1.29 is 0 Å². The average molecular weight is 311 g/mol. The van der Waals surface area contributed by atoms with Crippen molar-refractivity contribution in [3.63, 3.8) is 0 Å². The predicted octanol–water partition coefficient (Wildman–Crippen LogP) is 4.89. The molecule has 1 unspecified atom stereocenters. The van der Waals surface area contributed by atoms with Crippen LogP contribution in [0, 0.1) is 17.8 Å². The maximum atomic E-state index is 4.86. The third kappa shape index (κ3) is 7.42. The zero-order valence-corrected chi connectivity index (χ0v) is 15.8. The highest BCUT2D eigenvalue weighted by Gasteiger charge is 2.19. The van der Waals surface area contributed by atoms with E-state index in [4.69, 9.17) is 4.98 Å². The summed E-state index contributed by atoms with van der Waals surface area (Å²) in [5.41, 5.74) is 1.40. The van der Waals surface area contributed by atoms with Crippen molar-refractivity contribution in [3.05, 3.63) is 16.1 Å². The van der Waals surface area contributed by atoms with Gasteiger partial charge < -0.3 is 5.32 Å². The minimum Gasteiger partial charge on any atom is -0.316 e. The van der Waals surface area contributed by atoms with E-state index in [1.165, 1.54) is 17.1 Å². The number of nitrogens with one attached hydrogen (secondary N) is 1. The fraction of sp³-hybridized carbons (Fsp3) is 0.833. The van der Waals surface area contributed by atoms with Gasteiger partial charge in [-0.1, -0.05) is 48.5 Å². The summed E-state index contributed by atoms with van der Waals surface area (Å²) in [7, 11) is 0. The number of aromatic nitrogens is 1. The van der Waals surface area contributed by atoms with Crippen LogP contribution in [0.2, 0.25) is 0 Å². The summed E-state index contributed by atoms with van der Waals surface area (Å²) in [5, 5.41) is 7.17. The largest absolute Gasteiger partial charge is 0.316 e. The van der Waals surface area contributed by atoms with Crippen molar-refractivity contribution in [1.82, 2.24) is 10.3 Å². The van der Waals surface area contributed by atoms with Gasteiger partial charge in [-0.2, -0.15) is 0 Å². The molecule has 0 bridgehead atoms. The van der Waals surface area contributed by atoms with E-state index in [-0.39, 0.29) is 5.41 Å². The van der Waals surface area contributed by atoms with E-state index < -0.39 is 0 Å². The van der Waals surface area contributed by atoms with Gasteiger partial charge in [0.25, 0.3) is 0 Å². The summed E-state index contributed by atoms with van der Waals surface area (Å²) < 4.78 is 0. The third-order valence-electron chi connectivity index (χ3n) is 3.57. The van der Waals surface area contributed by atoms with E-state index >= 15 is 0 Å². The maximum Gasteiger partial charge on any atom is 0.0931 e. The van der Waals surface area contributed by atoms with Gasteiger partial charge in [-0.3, -0.25) is 0 Å². The molecule has 0 aliphatic heterocycles. The third-order valence-corrected chi connectivity index (χ3v) is 4.44. The first-order chi connectivity index (χ1) is 9.68. The fourth-order valence-electron chi connectivity index (χ4n) is 2.48. The van der Waals surface area contributed by atoms with Crippen molar-refractivity contribution in [2.75, 3.05) is 13.1 Å². The van der Waals surface area contributed by atoms with E-state index in [0.717, 1.165) is 31.3 Å². The predicted molar refractivity (Wildman–Crippen MR) is 95.2 cm³/mol. The zero-order valence-electron chi connectivity index (χ0n) is 15.0. The van der Waals surface area contributed by atoms with Crippen LogP contribution in [0.1, 0.15) is 65.6 Å². The van der Waals surface area contributed by atoms with E-state index in [0.29, 0.717) is 5.92 Å². The quantitative estimate of drug-likeness (QED) is 0.739. The number of hydrogen-bond acceptors (Lipinski definition) is 3. The van der Waals surface area contributed by atoms with Crippen molar-refractivity contribution in [2.45, 2.75) is 66.7 Å². The summed E-state index contributed by atoms with van der Waals surface area (Å²) in [6.45, 7) is 18.1. The van der Waals surface area contributed by atoms with E-state index in [9.17, 15) is 0 Å². The second kappa shape index (κ2) is 8.28. The molecule has 0 radical (unpaired) electrons. The van der Waals surface area contributed by atoms with Crippen LogP contribution >= 0.6 is 11.3 Å². The minimum absolute atomic E-state index is 0.165. The van der Waals surface area contributed by atoms with Crippen LogP contribution < -0.4 is 5.32 Å². The molecule has 0 saturated carbocycles. The van der Waals surface area contributed by atoms with Gasteiger partial charge in [0.05, 0.1) is 10.7 Å². The summed E-state index contributed by atoms with van der Waals surface area (Å²) in [6, 6.07) is 0. The van der Waals surface area contributed by atoms with E-state index in [1.54, 1.807) is 0 Å². The van der Waals surface area contributed by atoms with Crippen LogP contribution in [-0.4, -0.2) is 18.1 Å². The highest BCUT2D eigenvalue weighted by atomic mass is 32.1. The van der Waals surface area contributed by atoms with Crippen LogP contribution in [0.5, 0.6) is 0 Å². The number of hydrogen-bond donors (Lipinski definition) is 1. The fourth-order valence-corrected chi connectivity index (χ4v) is 3.61. The molecule has 0 aromatic carbocycles. The SMILES string of the molecule is CC(C)CNCC(Cc1nc(C(C)(C)C)cs1)CC(C)C. The lowest BCUT2D eigenvalue weighted by Gasteiger charge is -2.19. The number of rotatable bonds is 8. The van der Waals surface area contributed by atoms with Crippen LogP contribution in [0.25, 0.3) is 0 Å². The summed E-state index contributed by atoms with van der Waals surface area (Å²) in [6.07, 6.45) is 2.39. The van der Waals surface area contributed by atoms with Gasteiger partial charge in [-0.25, -0.2) is 4.98 Å². The average Bonchev–Trinajstić information content (AvgIpc) is 2.75. The Morgan fingerprint density at radius 3 is 2.24 bits per heavy atom. The van der Waals surface area contributed by atoms with Gasteiger partial charge in [-0.05, 0) is 37.3 Å². The highest BCUT2D eigenvalue weighted by molar-refractivity contribution is 7.09. The van der Waals surface area contributed by atoms with Crippen molar-refractivity contribution in [1.29, 1.82) is 0 Å². The standard InChI is InChI=1S/C18H34N2S/c1-13(2)8-15(11-19-10-14(3)4)9-17-20-16(12-21-17)18(5,6)7/h12-15,19H,8-11H2,1-7H3. The van der Waals surface area contributed by atoms with Crippen LogP contribution in [-0.2, 0) is 11.8 Å². The molecule has 0 saturated heterocycles. The molecule has 1 rings (SSSR count). The van der Waals surface area contributed by atoms with Gasteiger partial charge in [0, 0.05) is 17.2 Å². The van der Waals surface area contributed by atoms with Gasteiger partial charge in [0.2, 0.25) is 0 Å². The normalized spacial score (nSPS) is 14.1. The molecule has 3 heteroatoms. The number of nitrogens with zero attached hydrogens (tertiary/aromatic N) is 1. The first-order valence-corrected chi connectivity index (χ1v) is 9.22. The van der Waals surface area contributed by atoms with E-state index in [2.05, 4.69) is 59.2 Å². The summed E-state index contributed by atoms with van der Waals surface area (Å²) >= 11 is 1.83. The summed E-state index contributed by atoms with van der Waals surface area (Å²) in [4.78, 5) is 4.86. The van der Waals surface area contributed by atoms with Crippen LogP contribution in [0.4, 0.5) is 0 Å². The molecule has 122 valence electrons. The van der Waals surface area contributed by atoms with Crippen molar-refractivity contribution in [3.8, 4) is 0 Å². The topological polar surface area (TPSA) is 24.9 Å². The Balaban J connectivity index is 2.60. The molecule has 21 heavy (non-hydrogen) atoms. The lowest BCUT2D eigenvalue weighted by atomic mass is 9.92. The molecule has 0 amide bonds. The molecule has 1 N–H and O–H groups in total. The molecule has 0 aliphatic carbocycles. The van der Waals surface area contributed by atoms with Gasteiger partial charge in [0.15, 0.2) is 0 Å². The second-order valence-corrected chi connectivity index (χ2v) is 9.07. The first kappa shape index (κ1) is 18.6. The Morgan fingerprint density at radius 1 is 1.10 bits per heavy atom. The molecule has 0 fully saturated rings. The highest BCUT2D eigenvalue weighted by Crippen LogP contribution is 2.26. The molecule has 2 nitrogen and oxygen atoms in total. The second-order valence-electron chi connectivity index (χ2n) is 8.13. The van der Waals surface area contributed by atoms with Gasteiger partial charge in [0.1, 0.15) is 0 Å². The molecule has 1 aromatic rings. The monoisotopic (exact) mass is 310 g/mol. The zero-order chi connectivity index (χ0) is 16.0. The molecule has 0 aliphatic rings. The van der Waals surface area contributed by atoms with Crippen molar-refractivity contribution >= 4 is 11.3 Å². The Labute approximate surface area is 135 Å². The Kier molecular flexibility index (Phi) is 7.35. The Hall–Kier alpha value is -0.410. The van der Waals surface area contributed by atoms with Crippen LogP contribution in [0.3, 0.4) is 0 Å². The lowest BCUT2D eigenvalue weighted by molar-refractivity contribution is 0.375. The first-order valence-electron chi connectivity index (χ1n) is 8.34. The Bertz CT molecular complexity index is 402. The Morgan fingerprint density at radius 2 is 1.76 bits per heavy atom. The molecular weight excluding hydrogens is 276 g/mol. The lowest BCUT2D eigenvalue weighted by Crippen LogP contribution is -2.28. The maximum absolute atomic E-state index is 4.86. The molecular formula is C18H34N2S. The molecule has 1 aromatic heterocycles. The van der Waals surface area contributed by atoms with E-state index in [1.807, 2.05) is 11.3 Å². The van der Waals surface area contributed by atoms with Crippen LogP contribution in [0.15, 0.2) is 5.38 Å². The van der Waals surface area contributed by atoms with Crippen molar-refractivity contribution in [2.24, 2.45) is 17.8 Å². The minimum atomic E-state index is 0.165. The van der Waals surface area contributed by atoms with Gasteiger partial charge >= 0.3 is 0 Å². The molecule has 1 heterocycles. The summed E-state index contributed by atoms with van der Waals surface area (Å²) in [5.74, 6) is 2.16. The molecule has 1 atom stereocenters. The number of thiazole rings is 1. The smallest absolute Gasteiger partial charge is 0.0931 e. The van der Waals surface area contributed by atoms with Gasteiger partial charge in [-0.15, -0.1) is 11.3 Å². The molecule has 0 spiro atoms.